The largest absolute Gasteiger partial charge is 0.411 e. The number of aliphatic hydroxyl groups is 1. The van der Waals surface area contributed by atoms with Crippen molar-refractivity contribution in [3.05, 3.63) is 57.8 Å². The second kappa shape index (κ2) is 12.5. The number of hydrogen-bond donors (Lipinski definition) is 3. The van der Waals surface area contributed by atoms with Crippen LogP contribution in [0, 0.1) is 0 Å². The number of nitrogens with zero attached hydrogens (tertiary/aromatic N) is 1. The summed E-state index contributed by atoms with van der Waals surface area (Å²) in [7, 11) is 0. The molecule has 0 bridgehead atoms. The van der Waals surface area contributed by atoms with Gasteiger partial charge in [0, 0.05) is 6.54 Å². The van der Waals surface area contributed by atoms with Crippen LogP contribution in [-0.4, -0.2) is 36.9 Å². The number of ether oxygens (including phenoxy) is 1. The highest BCUT2D eigenvalue weighted by atomic mass is 127. The molecule has 0 aliphatic carbocycles. The Bertz CT molecular complexity index is 767. The number of aliphatic imine (C=N–C) groups is 1. The maximum absolute atomic E-state index is 12.1. The van der Waals surface area contributed by atoms with Crippen LogP contribution in [0.25, 0.3) is 0 Å². The summed E-state index contributed by atoms with van der Waals surface area (Å²) in [5, 5.41) is 20.7. The number of halogens is 4. The monoisotopic (exact) mass is 557 g/mol. The number of alkyl halides is 3. The van der Waals surface area contributed by atoms with E-state index in [-0.39, 0.29) is 30.6 Å². The Morgan fingerprint density at radius 1 is 1.13 bits per heavy atom. The standard InChI is InChI=1S/C20H26F3N3O2S.HI/c1-3-24-18(26-13-19(2,27)17-8-9-29-12-17)25-10-15-4-6-16(7-5-15)11-28-14-20(21,22)23;/h4-9,12,27H,3,10-11,13-14H2,1-2H3,(H2,24,25,26);1H. The van der Waals surface area contributed by atoms with E-state index in [4.69, 9.17) is 0 Å². The van der Waals surface area contributed by atoms with Crippen LogP contribution in [0.2, 0.25) is 0 Å². The summed E-state index contributed by atoms with van der Waals surface area (Å²) < 4.78 is 41.0. The van der Waals surface area contributed by atoms with E-state index < -0.39 is 18.4 Å². The number of hydrogen-bond acceptors (Lipinski definition) is 4. The zero-order chi connectivity index (χ0) is 21.3. The van der Waals surface area contributed by atoms with Crippen molar-refractivity contribution >= 4 is 41.3 Å². The first-order valence-electron chi connectivity index (χ1n) is 9.19. The molecule has 1 atom stereocenters. The maximum atomic E-state index is 12.1. The van der Waals surface area contributed by atoms with Crippen LogP contribution in [0.4, 0.5) is 13.2 Å². The number of benzene rings is 1. The zero-order valence-corrected chi connectivity index (χ0v) is 20.0. The van der Waals surface area contributed by atoms with Gasteiger partial charge in [-0.15, -0.1) is 24.0 Å². The molecule has 2 aromatic rings. The minimum atomic E-state index is -4.32. The van der Waals surface area contributed by atoms with Gasteiger partial charge in [0.2, 0.25) is 0 Å². The second-order valence-electron chi connectivity index (χ2n) is 6.76. The Labute approximate surface area is 195 Å². The molecule has 0 saturated heterocycles. The fourth-order valence-electron chi connectivity index (χ4n) is 2.47. The van der Waals surface area contributed by atoms with Gasteiger partial charge in [0.15, 0.2) is 5.96 Å². The van der Waals surface area contributed by atoms with Gasteiger partial charge in [0.1, 0.15) is 12.2 Å². The molecule has 5 nitrogen and oxygen atoms in total. The second-order valence-corrected chi connectivity index (χ2v) is 7.54. The van der Waals surface area contributed by atoms with Gasteiger partial charge in [0.05, 0.1) is 19.7 Å². The number of nitrogens with one attached hydrogen (secondary N) is 2. The molecule has 1 aromatic carbocycles. The quantitative estimate of drug-likeness (QED) is 0.243. The molecule has 0 saturated carbocycles. The third-order valence-corrected chi connectivity index (χ3v) is 4.75. The molecule has 1 aromatic heterocycles. The molecule has 2 rings (SSSR count). The fourth-order valence-corrected chi connectivity index (χ4v) is 3.25. The Hall–Kier alpha value is -1.37. The van der Waals surface area contributed by atoms with Gasteiger partial charge < -0.3 is 20.5 Å². The van der Waals surface area contributed by atoms with Crippen LogP contribution in [0.1, 0.15) is 30.5 Å². The van der Waals surface area contributed by atoms with Gasteiger partial charge in [-0.05, 0) is 47.4 Å². The average molecular weight is 557 g/mol. The first-order valence-corrected chi connectivity index (χ1v) is 10.1. The highest BCUT2D eigenvalue weighted by molar-refractivity contribution is 14.0. The van der Waals surface area contributed by atoms with E-state index >= 15 is 0 Å². The molecule has 30 heavy (non-hydrogen) atoms. The summed E-state index contributed by atoms with van der Waals surface area (Å²) >= 11 is 1.53. The summed E-state index contributed by atoms with van der Waals surface area (Å²) in [6, 6.07) is 8.95. The van der Waals surface area contributed by atoms with Gasteiger partial charge in [-0.25, -0.2) is 4.99 Å². The molecular formula is C20H27F3IN3O2S. The number of thiophene rings is 1. The Morgan fingerprint density at radius 3 is 2.37 bits per heavy atom. The topological polar surface area (TPSA) is 65.9 Å². The van der Waals surface area contributed by atoms with Crippen LogP contribution in [0.15, 0.2) is 46.1 Å². The third-order valence-electron chi connectivity index (χ3n) is 4.06. The average Bonchev–Trinajstić information content (AvgIpc) is 3.20. The lowest BCUT2D eigenvalue weighted by Crippen LogP contribution is -2.44. The molecule has 0 aliphatic rings. The van der Waals surface area contributed by atoms with Crippen molar-refractivity contribution in [3.8, 4) is 0 Å². The van der Waals surface area contributed by atoms with Gasteiger partial charge >= 0.3 is 6.18 Å². The molecule has 0 spiro atoms. The van der Waals surface area contributed by atoms with Crippen molar-refractivity contribution in [1.82, 2.24) is 10.6 Å². The highest BCUT2D eigenvalue weighted by Gasteiger charge is 2.27. The Kier molecular flexibility index (Phi) is 11.1. The molecule has 0 amide bonds. The molecule has 0 aliphatic heterocycles. The molecule has 168 valence electrons. The van der Waals surface area contributed by atoms with E-state index in [1.807, 2.05) is 23.8 Å². The summed E-state index contributed by atoms with van der Waals surface area (Å²) in [5.41, 5.74) is 1.40. The van der Waals surface area contributed by atoms with Gasteiger partial charge in [-0.3, -0.25) is 0 Å². The van der Waals surface area contributed by atoms with Crippen molar-refractivity contribution < 1.29 is 23.0 Å². The minimum absolute atomic E-state index is 0. The maximum Gasteiger partial charge on any atom is 0.411 e. The number of rotatable bonds is 9. The lowest BCUT2D eigenvalue weighted by molar-refractivity contribution is -0.176. The highest BCUT2D eigenvalue weighted by Crippen LogP contribution is 2.22. The molecule has 3 N–H and O–H groups in total. The van der Waals surface area contributed by atoms with E-state index in [1.165, 1.54) is 11.3 Å². The predicted molar refractivity (Wildman–Crippen MR) is 124 cm³/mol. The van der Waals surface area contributed by atoms with Gasteiger partial charge in [-0.2, -0.15) is 24.5 Å². The molecule has 1 unspecified atom stereocenters. The van der Waals surface area contributed by atoms with Gasteiger partial charge in [0.25, 0.3) is 0 Å². The van der Waals surface area contributed by atoms with Crippen molar-refractivity contribution in [1.29, 1.82) is 0 Å². The van der Waals surface area contributed by atoms with Crippen LogP contribution in [0.5, 0.6) is 0 Å². The lowest BCUT2D eigenvalue weighted by atomic mass is 9.99. The summed E-state index contributed by atoms with van der Waals surface area (Å²) in [4.78, 5) is 4.50. The van der Waals surface area contributed by atoms with E-state index in [0.717, 1.165) is 11.1 Å². The minimum Gasteiger partial charge on any atom is -0.384 e. The first-order chi connectivity index (χ1) is 13.7. The van der Waals surface area contributed by atoms with Crippen LogP contribution in [-0.2, 0) is 23.5 Å². The first kappa shape index (κ1) is 26.7. The molecule has 0 radical (unpaired) electrons. The van der Waals surface area contributed by atoms with Crippen molar-refractivity contribution in [2.24, 2.45) is 4.99 Å². The fraction of sp³-hybridized carbons (Fsp3) is 0.450. The Morgan fingerprint density at radius 2 is 1.80 bits per heavy atom. The molecule has 1 heterocycles. The summed E-state index contributed by atoms with van der Waals surface area (Å²) in [5.74, 6) is 0.570. The smallest absolute Gasteiger partial charge is 0.384 e. The van der Waals surface area contributed by atoms with Gasteiger partial charge in [-0.1, -0.05) is 24.3 Å². The van der Waals surface area contributed by atoms with Crippen LogP contribution < -0.4 is 10.6 Å². The van der Waals surface area contributed by atoms with Crippen molar-refractivity contribution in [3.63, 3.8) is 0 Å². The normalized spacial score (nSPS) is 14.0. The zero-order valence-electron chi connectivity index (χ0n) is 16.8. The molecule has 0 fully saturated rings. The molecular weight excluding hydrogens is 530 g/mol. The van der Waals surface area contributed by atoms with E-state index in [2.05, 4.69) is 20.4 Å². The van der Waals surface area contributed by atoms with E-state index in [0.29, 0.717) is 31.2 Å². The number of guanidine groups is 1. The van der Waals surface area contributed by atoms with E-state index in [9.17, 15) is 18.3 Å². The predicted octanol–water partition coefficient (Wildman–Crippen LogP) is 4.41. The van der Waals surface area contributed by atoms with E-state index in [1.54, 1.807) is 31.2 Å². The summed E-state index contributed by atoms with van der Waals surface area (Å²) in [6.07, 6.45) is -4.32. The molecule has 10 heteroatoms. The SMILES string of the molecule is CCNC(=NCc1ccc(COCC(F)(F)F)cc1)NCC(C)(O)c1ccsc1.I. The van der Waals surface area contributed by atoms with Crippen molar-refractivity contribution in [2.45, 2.75) is 38.8 Å². The third kappa shape index (κ3) is 9.63. The van der Waals surface area contributed by atoms with Crippen LogP contribution in [0.3, 0.4) is 0 Å². The van der Waals surface area contributed by atoms with Crippen molar-refractivity contribution in [2.75, 3.05) is 19.7 Å². The summed E-state index contributed by atoms with van der Waals surface area (Å²) in [6.45, 7) is 3.69. The Balaban J connectivity index is 0.00000450. The lowest BCUT2D eigenvalue weighted by Gasteiger charge is -2.24. The van der Waals surface area contributed by atoms with Crippen LogP contribution >= 0.6 is 35.3 Å².